The van der Waals surface area contributed by atoms with Crippen LogP contribution < -0.4 is 0 Å². The molecule has 1 aliphatic rings. The van der Waals surface area contributed by atoms with Crippen LogP contribution in [-0.4, -0.2) is 30.5 Å². The molecule has 0 N–H and O–H groups in total. The van der Waals surface area contributed by atoms with Crippen molar-refractivity contribution in [3.05, 3.63) is 35.7 Å². The van der Waals surface area contributed by atoms with Gasteiger partial charge in [0.25, 0.3) is 0 Å². The summed E-state index contributed by atoms with van der Waals surface area (Å²) in [5.74, 6) is 0. The van der Waals surface area contributed by atoms with E-state index in [1.807, 2.05) is 12.3 Å². The second-order valence-corrected chi connectivity index (χ2v) is 3.67. The highest BCUT2D eigenvalue weighted by molar-refractivity contribution is 5.72. The van der Waals surface area contributed by atoms with E-state index in [1.54, 1.807) is 0 Å². The molecular weight excluding hydrogens is 160 g/mol. The number of pyridine rings is 1. The number of likely N-dealkylation sites (N-methyl/N-ethyl adjacent to an activating group) is 1. The van der Waals surface area contributed by atoms with Crippen molar-refractivity contribution < 1.29 is 0 Å². The third-order valence-corrected chi connectivity index (χ3v) is 2.26. The highest BCUT2D eigenvalue weighted by Gasteiger charge is 2.14. The van der Waals surface area contributed by atoms with Gasteiger partial charge in [-0.15, -0.1) is 0 Å². The molecule has 0 fully saturated rings. The van der Waals surface area contributed by atoms with Gasteiger partial charge in [0.15, 0.2) is 0 Å². The minimum absolute atomic E-state index is 0.999. The van der Waals surface area contributed by atoms with Crippen molar-refractivity contribution in [1.82, 2.24) is 9.88 Å². The second-order valence-electron chi connectivity index (χ2n) is 3.67. The van der Waals surface area contributed by atoms with Crippen molar-refractivity contribution in [2.75, 3.05) is 20.6 Å². The van der Waals surface area contributed by atoms with Gasteiger partial charge in [-0.05, 0) is 25.7 Å². The summed E-state index contributed by atoms with van der Waals surface area (Å²) in [5, 5.41) is 0. The molecule has 2 rings (SSSR count). The van der Waals surface area contributed by atoms with E-state index < -0.39 is 0 Å². The van der Waals surface area contributed by atoms with Crippen molar-refractivity contribution >= 4 is 5.57 Å². The van der Waals surface area contributed by atoms with Crippen LogP contribution in [0.2, 0.25) is 0 Å². The fourth-order valence-electron chi connectivity index (χ4n) is 1.71. The van der Waals surface area contributed by atoms with Crippen molar-refractivity contribution in [3.63, 3.8) is 0 Å². The Bertz CT molecular complexity index is 340. The van der Waals surface area contributed by atoms with Crippen LogP contribution in [0, 0.1) is 0 Å². The summed E-state index contributed by atoms with van der Waals surface area (Å²) in [4.78, 5) is 6.53. The van der Waals surface area contributed by atoms with Crippen molar-refractivity contribution in [2.24, 2.45) is 0 Å². The standard InChI is InChI=1S/C11H14N2/c1-13(2)8-9-5-6-11-10(9)4-3-7-12-11/h3-5,7H,6,8H2,1-2H3. The maximum absolute atomic E-state index is 4.35. The van der Waals surface area contributed by atoms with E-state index in [-0.39, 0.29) is 0 Å². The Labute approximate surface area is 78.9 Å². The summed E-state index contributed by atoms with van der Waals surface area (Å²) in [5.41, 5.74) is 3.96. The Balaban J connectivity index is 2.26. The molecule has 0 aliphatic heterocycles. The molecule has 0 atom stereocenters. The lowest BCUT2D eigenvalue weighted by Gasteiger charge is -2.11. The fourth-order valence-corrected chi connectivity index (χ4v) is 1.71. The van der Waals surface area contributed by atoms with Gasteiger partial charge in [0.05, 0.1) is 5.69 Å². The Morgan fingerprint density at radius 2 is 2.31 bits per heavy atom. The number of fused-ring (bicyclic) bond motifs is 1. The Kier molecular flexibility index (Phi) is 2.15. The molecule has 1 aromatic heterocycles. The van der Waals surface area contributed by atoms with Crippen LogP contribution in [0.25, 0.3) is 5.57 Å². The summed E-state index contributed by atoms with van der Waals surface area (Å²) >= 11 is 0. The van der Waals surface area contributed by atoms with Gasteiger partial charge in [-0.2, -0.15) is 0 Å². The molecule has 13 heavy (non-hydrogen) atoms. The molecule has 0 saturated carbocycles. The molecule has 1 heterocycles. The third kappa shape index (κ3) is 1.63. The van der Waals surface area contributed by atoms with Gasteiger partial charge in [0.1, 0.15) is 0 Å². The zero-order valence-electron chi connectivity index (χ0n) is 8.12. The summed E-state index contributed by atoms with van der Waals surface area (Å²) in [6.07, 6.45) is 5.14. The fraction of sp³-hybridized carbons (Fsp3) is 0.364. The van der Waals surface area contributed by atoms with Gasteiger partial charge < -0.3 is 4.90 Å². The minimum Gasteiger partial charge on any atom is -0.305 e. The minimum atomic E-state index is 0.999. The van der Waals surface area contributed by atoms with Gasteiger partial charge in [-0.25, -0.2) is 0 Å². The van der Waals surface area contributed by atoms with Crippen molar-refractivity contribution in [1.29, 1.82) is 0 Å². The number of rotatable bonds is 2. The number of hydrogen-bond acceptors (Lipinski definition) is 2. The molecule has 0 saturated heterocycles. The predicted molar refractivity (Wildman–Crippen MR) is 54.5 cm³/mol. The zero-order chi connectivity index (χ0) is 9.26. The maximum atomic E-state index is 4.35. The molecule has 0 aromatic carbocycles. The first-order valence-electron chi connectivity index (χ1n) is 4.55. The number of nitrogens with zero attached hydrogens (tertiary/aromatic N) is 2. The molecule has 2 heteroatoms. The molecule has 0 radical (unpaired) electrons. The van der Waals surface area contributed by atoms with Gasteiger partial charge >= 0.3 is 0 Å². The summed E-state index contributed by atoms with van der Waals surface area (Å²) in [6, 6.07) is 4.16. The number of hydrogen-bond donors (Lipinski definition) is 0. The first kappa shape index (κ1) is 8.45. The van der Waals surface area contributed by atoms with E-state index in [0.29, 0.717) is 0 Å². The second kappa shape index (κ2) is 3.30. The summed E-state index contributed by atoms with van der Waals surface area (Å²) in [7, 11) is 4.18. The van der Waals surface area contributed by atoms with Gasteiger partial charge in [0.2, 0.25) is 0 Å². The van der Waals surface area contributed by atoms with Gasteiger partial charge in [-0.1, -0.05) is 12.1 Å². The molecule has 2 nitrogen and oxygen atoms in total. The lowest BCUT2D eigenvalue weighted by Crippen LogP contribution is -2.13. The largest absolute Gasteiger partial charge is 0.305 e. The normalized spacial score (nSPS) is 14.5. The first-order chi connectivity index (χ1) is 6.27. The van der Waals surface area contributed by atoms with E-state index in [9.17, 15) is 0 Å². The molecular formula is C11H14N2. The van der Waals surface area contributed by atoms with E-state index in [1.165, 1.54) is 16.8 Å². The average molecular weight is 174 g/mol. The summed E-state index contributed by atoms with van der Waals surface area (Å²) < 4.78 is 0. The monoisotopic (exact) mass is 174 g/mol. The van der Waals surface area contributed by atoms with Crippen LogP contribution in [0.4, 0.5) is 0 Å². The van der Waals surface area contributed by atoms with Gasteiger partial charge in [0, 0.05) is 24.7 Å². The van der Waals surface area contributed by atoms with E-state index in [0.717, 1.165) is 13.0 Å². The Hall–Kier alpha value is -1.15. The van der Waals surface area contributed by atoms with E-state index in [2.05, 4.69) is 36.1 Å². The van der Waals surface area contributed by atoms with E-state index in [4.69, 9.17) is 0 Å². The Morgan fingerprint density at radius 1 is 1.46 bits per heavy atom. The van der Waals surface area contributed by atoms with Crippen LogP contribution >= 0.6 is 0 Å². The summed E-state index contributed by atoms with van der Waals surface area (Å²) in [6.45, 7) is 1.01. The van der Waals surface area contributed by atoms with Crippen LogP contribution in [0.1, 0.15) is 11.3 Å². The quantitative estimate of drug-likeness (QED) is 0.676. The van der Waals surface area contributed by atoms with Crippen LogP contribution in [-0.2, 0) is 6.42 Å². The van der Waals surface area contributed by atoms with Crippen LogP contribution in [0.3, 0.4) is 0 Å². The van der Waals surface area contributed by atoms with Crippen molar-refractivity contribution in [3.8, 4) is 0 Å². The molecule has 68 valence electrons. The average Bonchev–Trinajstić information content (AvgIpc) is 2.48. The first-order valence-corrected chi connectivity index (χ1v) is 4.55. The van der Waals surface area contributed by atoms with Crippen LogP contribution in [0.15, 0.2) is 24.4 Å². The number of allylic oxidation sites excluding steroid dienone is 1. The molecule has 1 aromatic rings. The smallest absolute Gasteiger partial charge is 0.0516 e. The van der Waals surface area contributed by atoms with E-state index >= 15 is 0 Å². The molecule has 0 spiro atoms. The lowest BCUT2D eigenvalue weighted by molar-refractivity contribution is 0.463. The SMILES string of the molecule is CN(C)CC1=CCc2ncccc21. The van der Waals surface area contributed by atoms with Crippen molar-refractivity contribution in [2.45, 2.75) is 6.42 Å². The highest BCUT2D eigenvalue weighted by Crippen LogP contribution is 2.25. The maximum Gasteiger partial charge on any atom is 0.0516 e. The highest BCUT2D eigenvalue weighted by atomic mass is 15.0. The molecule has 0 bridgehead atoms. The Morgan fingerprint density at radius 3 is 3.08 bits per heavy atom. The predicted octanol–water partition coefficient (Wildman–Crippen LogP) is 1.58. The topological polar surface area (TPSA) is 16.1 Å². The zero-order valence-corrected chi connectivity index (χ0v) is 8.12. The lowest BCUT2D eigenvalue weighted by atomic mass is 10.1. The van der Waals surface area contributed by atoms with Gasteiger partial charge in [-0.3, -0.25) is 4.98 Å². The number of aromatic nitrogens is 1. The third-order valence-electron chi connectivity index (χ3n) is 2.26. The molecule has 1 aliphatic carbocycles. The molecule has 0 amide bonds. The molecule has 0 unspecified atom stereocenters. The van der Waals surface area contributed by atoms with Crippen LogP contribution in [0.5, 0.6) is 0 Å².